The molecular weight excluding hydrogens is 442 g/mol. The lowest BCUT2D eigenvalue weighted by molar-refractivity contribution is -0.384. The lowest BCUT2D eigenvalue weighted by Crippen LogP contribution is -2.48. The first-order valence-electron chi connectivity index (χ1n) is 10.6. The number of fused-ring (bicyclic) bond motifs is 5. The highest BCUT2D eigenvalue weighted by Gasteiger charge is 2.64. The molecule has 10 heteroatoms. The molecule has 2 aromatic carbocycles. The zero-order chi connectivity index (χ0) is 24.3. The Morgan fingerprint density at radius 1 is 1.00 bits per heavy atom. The van der Waals surface area contributed by atoms with Crippen LogP contribution in [0.1, 0.15) is 12.5 Å². The van der Waals surface area contributed by atoms with Gasteiger partial charge in [0.1, 0.15) is 23.2 Å². The van der Waals surface area contributed by atoms with E-state index in [0.29, 0.717) is 5.75 Å². The molecule has 4 unspecified atom stereocenters. The van der Waals surface area contributed by atoms with E-state index in [1.54, 1.807) is 13.2 Å². The van der Waals surface area contributed by atoms with Crippen LogP contribution in [0, 0.1) is 22.0 Å². The van der Waals surface area contributed by atoms with Crippen molar-refractivity contribution in [2.45, 2.75) is 19.0 Å². The van der Waals surface area contributed by atoms with Gasteiger partial charge in [0.25, 0.3) is 5.69 Å². The van der Waals surface area contributed by atoms with Gasteiger partial charge in [-0.3, -0.25) is 24.5 Å². The number of nitro groups is 1. The van der Waals surface area contributed by atoms with Gasteiger partial charge in [-0.2, -0.15) is 0 Å². The van der Waals surface area contributed by atoms with Gasteiger partial charge in [0, 0.05) is 23.4 Å². The average molecular weight is 463 g/mol. The third-order valence-electron chi connectivity index (χ3n) is 6.74. The summed E-state index contributed by atoms with van der Waals surface area (Å²) in [5.74, 6) is -2.30. The summed E-state index contributed by atoms with van der Waals surface area (Å²) in [7, 11) is 2.91. The minimum atomic E-state index is -0.934. The summed E-state index contributed by atoms with van der Waals surface area (Å²) in [6.45, 7) is 1.40. The summed E-state index contributed by atoms with van der Waals surface area (Å²) in [5.41, 5.74) is 1.28. The van der Waals surface area contributed by atoms with Gasteiger partial charge in [-0.15, -0.1) is 0 Å². The number of amides is 2. The Balaban J connectivity index is 1.62. The van der Waals surface area contributed by atoms with Crippen LogP contribution in [0.2, 0.25) is 0 Å². The number of hydrogen-bond donors (Lipinski definition) is 0. The number of imide groups is 1. The molecule has 0 saturated carbocycles. The monoisotopic (exact) mass is 463 g/mol. The van der Waals surface area contributed by atoms with Gasteiger partial charge in [0.15, 0.2) is 5.78 Å². The van der Waals surface area contributed by atoms with Crippen LogP contribution < -0.4 is 19.3 Å². The van der Waals surface area contributed by atoms with Gasteiger partial charge < -0.3 is 14.4 Å². The van der Waals surface area contributed by atoms with Crippen molar-refractivity contribution in [2.75, 3.05) is 24.0 Å². The number of benzene rings is 2. The molecule has 0 bridgehead atoms. The number of Topliss-reactive ketones (excluding diaryl/α,β-unsaturated/α-hetero) is 1. The molecule has 2 saturated heterocycles. The fourth-order valence-corrected chi connectivity index (χ4v) is 5.34. The molecule has 2 aromatic rings. The predicted octanol–water partition coefficient (Wildman–Crippen LogP) is 2.59. The molecule has 3 heterocycles. The molecule has 0 spiro atoms. The molecule has 3 aliphatic heterocycles. The highest BCUT2D eigenvalue weighted by atomic mass is 16.6. The Morgan fingerprint density at radius 3 is 2.38 bits per heavy atom. The predicted molar refractivity (Wildman–Crippen MR) is 122 cm³/mol. The van der Waals surface area contributed by atoms with E-state index in [0.717, 1.165) is 22.2 Å². The second-order valence-corrected chi connectivity index (χ2v) is 8.41. The van der Waals surface area contributed by atoms with E-state index in [1.165, 1.54) is 26.2 Å². The molecule has 3 aliphatic rings. The van der Waals surface area contributed by atoms with E-state index >= 15 is 0 Å². The zero-order valence-corrected chi connectivity index (χ0v) is 18.6. The van der Waals surface area contributed by atoms with Crippen molar-refractivity contribution in [2.24, 2.45) is 11.8 Å². The second kappa shape index (κ2) is 7.68. The Hall–Kier alpha value is -4.21. The van der Waals surface area contributed by atoms with Crippen LogP contribution in [0.5, 0.6) is 11.5 Å². The normalized spacial score (nSPS) is 24.6. The van der Waals surface area contributed by atoms with Crippen molar-refractivity contribution in [1.82, 2.24) is 0 Å². The van der Waals surface area contributed by atoms with Gasteiger partial charge in [0.05, 0.1) is 37.0 Å². The number of anilines is 2. The van der Waals surface area contributed by atoms with Gasteiger partial charge >= 0.3 is 0 Å². The highest BCUT2D eigenvalue weighted by Crippen LogP contribution is 2.50. The summed E-state index contributed by atoms with van der Waals surface area (Å²) in [4.78, 5) is 53.7. The fraction of sp³-hybridized carbons (Fsp3) is 0.292. The van der Waals surface area contributed by atoms with Crippen LogP contribution in [0.25, 0.3) is 6.08 Å². The van der Waals surface area contributed by atoms with Crippen molar-refractivity contribution in [1.29, 1.82) is 0 Å². The number of carbonyl (C=O) groups is 3. The van der Waals surface area contributed by atoms with E-state index in [-0.39, 0.29) is 22.9 Å². The number of carbonyl (C=O) groups excluding carboxylic acids is 3. The lowest BCUT2D eigenvalue weighted by Gasteiger charge is -2.36. The SMILES string of the molecule is COc1ccc2c(c1)C=CC1C3C(=O)N(c4cc([N+](=O)[O-])ccc4OC)C(=O)C3C(C(C)=O)N21. The topological polar surface area (TPSA) is 119 Å². The molecule has 2 fully saturated rings. The van der Waals surface area contributed by atoms with Gasteiger partial charge in [-0.25, -0.2) is 4.90 Å². The van der Waals surface area contributed by atoms with Crippen molar-refractivity contribution < 1.29 is 28.8 Å². The van der Waals surface area contributed by atoms with E-state index in [9.17, 15) is 24.5 Å². The summed E-state index contributed by atoms with van der Waals surface area (Å²) >= 11 is 0. The standard InChI is InChI=1S/C24H21N3O7/c1-12(28)22-21-20(17-7-4-13-10-15(33-2)6-8-16(13)25(17)22)23(29)26(24(21)30)18-11-14(27(31)32)5-9-19(18)34-3/h4-11,17,20-22H,1-3H3. The van der Waals surface area contributed by atoms with Crippen LogP contribution in [0.15, 0.2) is 42.5 Å². The number of ketones is 1. The van der Waals surface area contributed by atoms with Crippen molar-refractivity contribution in [3.63, 3.8) is 0 Å². The van der Waals surface area contributed by atoms with Crippen molar-refractivity contribution in [3.05, 3.63) is 58.2 Å². The molecule has 4 atom stereocenters. The molecule has 0 N–H and O–H groups in total. The summed E-state index contributed by atoms with van der Waals surface area (Å²) < 4.78 is 10.6. The van der Waals surface area contributed by atoms with E-state index in [4.69, 9.17) is 9.47 Å². The van der Waals surface area contributed by atoms with Gasteiger partial charge in [0.2, 0.25) is 11.8 Å². The molecule has 34 heavy (non-hydrogen) atoms. The second-order valence-electron chi connectivity index (χ2n) is 8.41. The molecule has 0 aliphatic carbocycles. The zero-order valence-electron chi connectivity index (χ0n) is 18.6. The Labute approximate surface area is 194 Å². The van der Waals surface area contributed by atoms with Crippen LogP contribution >= 0.6 is 0 Å². The maximum atomic E-state index is 13.7. The van der Waals surface area contributed by atoms with Crippen LogP contribution in [0.4, 0.5) is 17.1 Å². The van der Waals surface area contributed by atoms with E-state index < -0.39 is 40.7 Å². The first kappa shape index (κ1) is 21.6. The lowest BCUT2D eigenvalue weighted by atomic mass is 9.88. The number of ether oxygens (including phenoxy) is 2. The van der Waals surface area contributed by atoms with Crippen molar-refractivity contribution >= 4 is 40.7 Å². The quantitative estimate of drug-likeness (QED) is 0.377. The number of methoxy groups -OCH3 is 2. The summed E-state index contributed by atoms with van der Waals surface area (Å²) in [6.07, 6.45) is 3.68. The summed E-state index contributed by atoms with van der Waals surface area (Å²) in [5, 5.41) is 11.3. The first-order valence-corrected chi connectivity index (χ1v) is 10.6. The first-order chi connectivity index (χ1) is 16.3. The van der Waals surface area contributed by atoms with Crippen LogP contribution in [-0.4, -0.2) is 48.8 Å². The van der Waals surface area contributed by atoms with Crippen LogP contribution in [0.3, 0.4) is 0 Å². The molecule has 0 aromatic heterocycles. The number of non-ortho nitro benzene ring substituents is 1. The smallest absolute Gasteiger partial charge is 0.271 e. The molecular formula is C24H21N3O7. The minimum Gasteiger partial charge on any atom is -0.497 e. The van der Waals surface area contributed by atoms with Crippen molar-refractivity contribution in [3.8, 4) is 11.5 Å². The molecule has 0 radical (unpaired) electrons. The highest BCUT2D eigenvalue weighted by molar-refractivity contribution is 6.25. The molecule has 10 nitrogen and oxygen atoms in total. The number of hydrogen-bond acceptors (Lipinski definition) is 8. The van der Waals surface area contributed by atoms with E-state index in [1.807, 2.05) is 29.2 Å². The number of nitrogens with zero attached hydrogens (tertiary/aromatic N) is 3. The third-order valence-corrected chi connectivity index (χ3v) is 6.74. The summed E-state index contributed by atoms with van der Waals surface area (Å²) in [6, 6.07) is 7.77. The average Bonchev–Trinajstić information content (AvgIpc) is 3.31. The number of rotatable bonds is 5. The Kier molecular flexibility index (Phi) is 4.89. The van der Waals surface area contributed by atoms with Gasteiger partial charge in [-0.1, -0.05) is 12.2 Å². The van der Waals surface area contributed by atoms with E-state index in [2.05, 4.69) is 0 Å². The maximum Gasteiger partial charge on any atom is 0.271 e. The Bertz CT molecular complexity index is 1290. The van der Waals surface area contributed by atoms with Crippen LogP contribution in [-0.2, 0) is 14.4 Å². The molecule has 2 amide bonds. The third kappa shape index (κ3) is 2.91. The molecule has 174 valence electrons. The molecule has 5 rings (SSSR count). The maximum absolute atomic E-state index is 13.7. The Morgan fingerprint density at radius 2 is 1.74 bits per heavy atom. The minimum absolute atomic E-state index is 0.000113. The largest absolute Gasteiger partial charge is 0.497 e. The van der Waals surface area contributed by atoms with Gasteiger partial charge in [-0.05, 0) is 31.2 Å². The number of nitro benzene ring substituents is 1. The fourth-order valence-electron chi connectivity index (χ4n) is 5.34.